The van der Waals surface area contributed by atoms with Crippen molar-refractivity contribution in [1.82, 2.24) is 15.6 Å². The highest BCUT2D eigenvalue weighted by atomic mass is 16.5. The number of aromatic nitrogens is 1. The molecule has 0 saturated heterocycles. The Balaban J connectivity index is 1.54. The number of para-hydroxylation sites is 1. The first kappa shape index (κ1) is 25.5. The lowest BCUT2D eigenvalue weighted by Crippen LogP contribution is -2.51. The van der Waals surface area contributed by atoms with Crippen LogP contribution in [0.4, 0.5) is 0 Å². The number of fused-ring (bicyclic) bond motifs is 1. The predicted molar refractivity (Wildman–Crippen MR) is 138 cm³/mol. The molecule has 4 aromatic rings. The molecule has 0 unspecified atom stereocenters. The molecule has 0 spiro atoms. The summed E-state index contributed by atoms with van der Waals surface area (Å²) in [5.74, 6) is -1.97. The number of carbonyl (C=O) groups is 3. The van der Waals surface area contributed by atoms with Gasteiger partial charge >= 0.3 is 5.97 Å². The molecule has 0 aliphatic carbocycles. The summed E-state index contributed by atoms with van der Waals surface area (Å²) in [6.45, 7) is 0. The van der Waals surface area contributed by atoms with Crippen molar-refractivity contribution < 1.29 is 24.2 Å². The van der Waals surface area contributed by atoms with Crippen molar-refractivity contribution >= 4 is 28.7 Å². The summed E-state index contributed by atoms with van der Waals surface area (Å²) in [6.07, 6.45) is -1.63. The van der Waals surface area contributed by atoms with Gasteiger partial charge in [0.05, 0.1) is 18.7 Å². The molecule has 1 heterocycles. The fourth-order valence-electron chi connectivity index (χ4n) is 3.99. The van der Waals surface area contributed by atoms with E-state index in [1.165, 1.54) is 7.11 Å². The topological polar surface area (TPSA) is 118 Å². The number of hydrogen-bond donors (Lipinski definition) is 3. The first-order valence-corrected chi connectivity index (χ1v) is 11.8. The molecule has 3 aromatic carbocycles. The maximum Gasteiger partial charge on any atom is 0.328 e. The van der Waals surface area contributed by atoms with Gasteiger partial charge in [0.2, 0.25) is 0 Å². The number of hydrogen-bond acceptors (Lipinski definition) is 6. The molecule has 8 heteroatoms. The summed E-state index contributed by atoms with van der Waals surface area (Å²) < 4.78 is 4.89. The number of pyridine rings is 1. The molecular formula is C29H27N3O5. The van der Waals surface area contributed by atoms with Crippen LogP contribution in [-0.4, -0.2) is 47.1 Å². The van der Waals surface area contributed by atoms with Crippen LogP contribution in [0.2, 0.25) is 0 Å². The zero-order chi connectivity index (χ0) is 26.2. The molecule has 0 aliphatic rings. The maximum absolute atomic E-state index is 13.2. The number of rotatable bonds is 9. The van der Waals surface area contributed by atoms with Crippen LogP contribution in [0.3, 0.4) is 0 Å². The lowest BCUT2D eigenvalue weighted by atomic mass is 9.99. The Morgan fingerprint density at radius 2 is 1.49 bits per heavy atom. The molecule has 4 rings (SSSR count). The summed E-state index contributed by atoms with van der Waals surface area (Å²) in [5.41, 5.74) is 2.23. The van der Waals surface area contributed by atoms with Crippen LogP contribution in [-0.2, 0) is 20.7 Å². The van der Waals surface area contributed by atoms with Gasteiger partial charge in [-0.05, 0) is 29.8 Å². The number of aliphatic hydroxyl groups is 1. The maximum atomic E-state index is 13.2. The highest BCUT2D eigenvalue weighted by molar-refractivity contribution is 5.95. The van der Waals surface area contributed by atoms with Crippen molar-refractivity contribution in [1.29, 1.82) is 0 Å². The number of amides is 2. The van der Waals surface area contributed by atoms with Gasteiger partial charge in [-0.25, -0.2) is 4.79 Å². The van der Waals surface area contributed by atoms with Gasteiger partial charge in [-0.15, -0.1) is 0 Å². The lowest BCUT2D eigenvalue weighted by molar-refractivity contribution is -0.146. The van der Waals surface area contributed by atoms with Gasteiger partial charge in [-0.3, -0.25) is 14.6 Å². The molecule has 0 bridgehead atoms. The number of nitrogens with one attached hydrogen (secondary N) is 2. The number of esters is 1. The van der Waals surface area contributed by atoms with Gasteiger partial charge in [0.1, 0.15) is 6.04 Å². The van der Waals surface area contributed by atoms with Gasteiger partial charge in [-0.1, -0.05) is 72.8 Å². The third kappa shape index (κ3) is 6.36. The smallest absolute Gasteiger partial charge is 0.328 e. The molecule has 188 valence electrons. The minimum absolute atomic E-state index is 0.0579. The normalized spacial score (nSPS) is 13.2. The zero-order valence-electron chi connectivity index (χ0n) is 20.2. The van der Waals surface area contributed by atoms with E-state index in [9.17, 15) is 19.5 Å². The summed E-state index contributed by atoms with van der Waals surface area (Å²) in [5, 5.41) is 17.3. The number of ether oxygens (including phenoxy) is 1. The van der Waals surface area contributed by atoms with Gasteiger partial charge in [0.25, 0.3) is 11.8 Å². The van der Waals surface area contributed by atoms with Gasteiger partial charge in [0, 0.05) is 23.1 Å². The molecule has 0 aliphatic heterocycles. The average molecular weight is 498 g/mol. The second kappa shape index (κ2) is 11.9. The first-order valence-electron chi connectivity index (χ1n) is 11.8. The summed E-state index contributed by atoms with van der Waals surface area (Å²) in [4.78, 5) is 43.1. The van der Waals surface area contributed by atoms with Gasteiger partial charge in [0.15, 0.2) is 6.10 Å². The van der Waals surface area contributed by atoms with Crippen molar-refractivity contribution in [3.05, 3.63) is 114 Å². The van der Waals surface area contributed by atoms with E-state index in [4.69, 9.17) is 4.74 Å². The van der Waals surface area contributed by atoms with E-state index in [2.05, 4.69) is 15.6 Å². The van der Waals surface area contributed by atoms with E-state index in [0.29, 0.717) is 16.8 Å². The van der Waals surface area contributed by atoms with E-state index in [1.54, 1.807) is 66.7 Å². The summed E-state index contributed by atoms with van der Waals surface area (Å²) >= 11 is 0. The van der Waals surface area contributed by atoms with Crippen LogP contribution >= 0.6 is 0 Å². The third-order valence-corrected chi connectivity index (χ3v) is 5.94. The van der Waals surface area contributed by atoms with Crippen LogP contribution < -0.4 is 10.6 Å². The van der Waals surface area contributed by atoms with Crippen molar-refractivity contribution in [2.24, 2.45) is 0 Å². The third-order valence-electron chi connectivity index (χ3n) is 5.94. The Hall–Kier alpha value is -4.56. The molecule has 3 N–H and O–H groups in total. The summed E-state index contributed by atoms with van der Waals surface area (Å²) in [6, 6.07) is 26.2. The molecule has 2 amide bonds. The number of benzene rings is 3. The van der Waals surface area contributed by atoms with E-state index >= 15 is 0 Å². The monoisotopic (exact) mass is 497 g/mol. The zero-order valence-corrected chi connectivity index (χ0v) is 20.2. The van der Waals surface area contributed by atoms with Gasteiger partial charge in [-0.2, -0.15) is 0 Å². The molecule has 0 saturated carbocycles. The molecule has 0 radical (unpaired) electrons. The Bertz CT molecular complexity index is 1380. The van der Waals surface area contributed by atoms with Gasteiger partial charge < -0.3 is 20.5 Å². The van der Waals surface area contributed by atoms with Crippen LogP contribution in [0.25, 0.3) is 10.9 Å². The van der Waals surface area contributed by atoms with Crippen molar-refractivity contribution in [2.75, 3.05) is 7.11 Å². The summed E-state index contributed by atoms with van der Waals surface area (Å²) in [7, 11) is 1.22. The second-order valence-electron chi connectivity index (χ2n) is 8.46. The number of nitrogens with zero attached hydrogens (tertiary/aromatic N) is 1. The molecule has 37 heavy (non-hydrogen) atoms. The molecular weight excluding hydrogens is 470 g/mol. The highest BCUT2D eigenvalue weighted by Crippen LogP contribution is 2.19. The van der Waals surface area contributed by atoms with Crippen LogP contribution in [0.1, 0.15) is 27.7 Å². The van der Waals surface area contributed by atoms with Crippen molar-refractivity contribution in [2.45, 2.75) is 24.6 Å². The number of methoxy groups -OCH3 is 1. The lowest BCUT2D eigenvalue weighted by Gasteiger charge is -2.26. The fraction of sp³-hybridized carbons (Fsp3) is 0.172. The number of carbonyl (C=O) groups excluding carboxylic acids is 3. The minimum Gasteiger partial charge on any atom is -0.467 e. The van der Waals surface area contributed by atoms with E-state index in [-0.39, 0.29) is 6.42 Å². The Labute approximate surface area is 214 Å². The molecule has 1 aromatic heterocycles. The standard InChI is InChI=1S/C29H27N3O5/c1-37-29(36)24(18-22-17-16-19-10-8-9-15-23(19)30-22)31-28(35)26(33)25(20-11-4-2-5-12-20)32-27(34)21-13-6-3-7-14-21/h2-17,24-26,33H,18H2,1H3,(H,31,35)(H,32,34)/t24-,25+,26-/m1/s1. The minimum atomic E-state index is -1.69. The number of aliphatic hydroxyl groups excluding tert-OH is 1. The SMILES string of the molecule is COC(=O)[C@@H](Cc1ccc2ccccc2n1)NC(=O)[C@H](O)[C@@H](NC(=O)c1ccccc1)c1ccccc1. The van der Waals surface area contributed by atoms with E-state index < -0.39 is 36.0 Å². The van der Waals surface area contributed by atoms with E-state index in [1.807, 2.05) is 30.3 Å². The van der Waals surface area contributed by atoms with Crippen LogP contribution in [0, 0.1) is 0 Å². The molecule has 0 fully saturated rings. The Morgan fingerprint density at radius 1 is 0.838 bits per heavy atom. The average Bonchev–Trinajstić information content (AvgIpc) is 2.95. The Kier molecular flexibility index (Phi) is 8.22. The molecule has 8 nitrogen and oxygen atoms in total. The van der Waals surface area contributed by atoms with Crippen LogP contribution in [0.5, 0.6) is 0 Å². The first-order chi connectivity index (χ1) is 18.0. The highest BCUT2D eigenvalue weighted by Gasteiger charge is 2.32. The van der Waals surface area contributed by atoms with Crippen LogP contribution in [0.15, 0.2) is 97.1 Å². The van der Waals surface area contributed by atoms with Crippen molar-refractivity contribution in [3.63, 3.8) is 0 Å². The fourth-order valence-corrected chi connectivity index (χ4v) is 3.99. The largest absolute Gasteiger partial charge is 0.467 e. The Morgan fingerprint density at radius 3 is 2.19 bits per heavy atom. The van der Waals surface area contributed by atoms with E-state index in [0.717, 1.165) is 10.9 Å². The predicted octanol–water partition coefficient (Wildman–Crippen LogP) is 2.97. The van der Waals surface area contributed by atoms with Crippen molar-refractivity contribution in [3.8, 4) is 0 Å². The quantitative estimate of drug-likeness (QED) is 0.306. The second-order valence-corrected chi connectivity index (χ2v) is 8.46. The molecule has 3 atom stereocenters.